The van der Waals surface area contributed by atoms with Crippen molar-refractivity contribution in [2.45, 2.75) is 6.04 Å². The SMILES string of the molecule is Cl.Cl.Clc1ccc(Br)c([C@@H](c2cccs2)N2CCNCC2)c1. The number of piperazine rings is 1. The lowest BCUT2D eigenvalue weighted by molar-refractivity contribution is 0.200. The summed E-state index contributed by atoms with van der Waals surface area (Å²) in [5, 5.41) is 6.35. The van der Waals surface area contributed by atoms with E-state index in [1.54, 1.807) is 0 Å². The van der Waals surface area contributed by atoms with Crippen LogP contribution in [0.25, 0.3) is 0 Å². The lowest BCUT2D eigenvalue weighted by Crippen LogP contribution is -2.45. The molecule has 1 saturated heterocycles. The zero-order chi connectivity index (χ0) is 13.9. The Morgan fingerprint density at radius 1 is 1.18 bits per heavy atom. The van der Waals surface area contributed by atoms with E-state index in [1.165, 1.54) is 10.4 Å². The van der Waals surface area contributed by atoms with E-state index in [0.717, 1.165) is 35.7 Å². The summed E-state index contributed by atoms with van der Waals surface area (Å²) in [6, 6.07) is 10.7. The molecule has 2 heterocycles. The molecule has 2 nitrogen and oxygen atoms in total. The second kappa shape index (κ2) is 9.48. The van der Waals surface area contributed by atoms with Crippen LogP contribution in [0.3, 0.4) is 0 Å². The quantitative estimate of drug-likeness (QED) is 0.717. The van der Waals surface area contributed by atoms with E-state index in [-0.39, 0.29) is 30.9 Å². The second-order valence-corrected chi connectivity index (χ2v) is 7.14. The number of nitrogens with zero attached hydrogens (tertiary/aromatic N) is 1. The number of hydrogen-bond acceptors (Lipinski definition) is 3. The van der Waals surface area contributed by atoms with Crippen LogP contribution in [0.5, 0.6) is 0 Å². The second-order valence-electron chi connectivity index (χ2n) is 4.87. The van der Waals surface area contributed by atoms with E-state index in [9.17, 15) is 0 Å². The van der Waals surface area contributed by atoms with E-state index in [0.29, 0.717) is 0 Å². The molecule has 3 rings (SSSR count). The van der Waals surface area contributed by atoms with Crippen LogP contribution in [-0.4, -0.2) is 31.1 Å². The van der Waals surface area contributed by atoms with Crippen molar-refractivity contribution in [1.82, 2.24) is 10.2 Å². The third-order valence-electron chi connectivity index (χ3n) is 3.58. The molecular weight excluding hydrogens is 427 g/mol. The van der Waals surface area contributed by atoms with E-state index in [2.05, 4.69) is 49.7 Å². The van der Waals surface area contributed by atoms with Gasteiger partial charge in [-0.1, -0.05) is 33.6 Å². The number of benzene rings is 1. The van der Waals surface area contributed by atoms with Crippen LogP contribution >= 0.6 is 63.7 Å². The first kappa shape index (κ1) is 20.2. The fourth-order valence-corrected chi connectivity index (χ4v) is 4.16. The third-order valence-corrected chi connectivity index (χ3v) is 5.46. The van der Waals surface area contributed by atoms with E-state index in [1.807, 2.05) is 23.5 Å². The summed E-state index contributed by atoms with van der Waals surface area (Å²) in [5.41, 5.74) is 1.25. The molecule has 122 valence electrons. The monoisotopic (exact) mass is 442 g/mol. The Labute approximate surface area is 161 Å². The third kappa shape index (κ3) is 4.60. The summed E-state index contributed by atoms with van der Waals surface area (Å²) in [7, 11) is 0. The highest BCUT2D eigenvalue weighted by Gasteiger charge is 2.26. The normalized spacial score (nSPS) is 16.5. The van der Waals surface area contributed by atoms with Gasteiger partial charge in [0.15, 0.2) is 0 Å². The minimum absolute atomic E-state index is 0. The lowest BCUT2D eigenvalue weighted by atomic mass is 10.0. The molecule has 7 heteroatoms. The fraction of sp³-hybridized carbons (Fsp3) is 0.333. The van der Waals surface area contributed by atoms with Crippen LogP contribution in [0.15, 0.2) is 40.2 Å². The van der Waals surface area contributed by atoms with Crippen molar-refractivity contribution in [1.29, 1.82) is 0 Å². The Balaban J connectivity index is 0.00000121. The highest BCUT2D eigenvalue weighted by atomic mass is 79.9. The van der Waals surface area contributed by atoms with Crippen LogP contribution < -0.4 is 5.32 Å². The van der Waals surface area contributed by atoms with Crippen molar-refractivity contribution >= 4 is 63.7 Å². The molecule has 22 heavy (non-hydrogen) atoms. The lowest BCUT2D eigenvalue weighted by Gasteiger charge is -2.35. The molecule has 2 aromatic rings. The smallest absolute Gasteiger partial charge is 0.0708 e. The predicted molar refractivity (Wildman–Crippen MR) is 104 cm³/mol. The zero-order valence-electron chi connectivity index (χ0n) is 11.8. The molecule has 0 bridgehead atoms. The van der Waals surface area contributed by atoms with Gasteiger partial charge in [-0.05, 0) is 35.2 Å². The molecule has 0 unspecified atom stereocenters. The van der Waals surface area contributed by atoms with Gasteiger partial charge in [0.05, 0.1) is 6.04 Å². The van der Waals surface area contributed by atoms with Gasteiger partial charge in [0.25, 0.3) is 0 Å². The molecule has 0 saturated carbocycles. The predicted octanol–water partition coefficient (Wildman–Crippen LogP) is 5.00. The van der Waals surface area contributed by atoms with Gasteiger partial charge in [-0.25, -0.2) is 0 Å². The summed E-state index contributed by atoms with van der Waals surface area (Å²) in [6.07, 6.45) is 0. The van der Waals surface area contributed by atoms with Gasteiger partial charge < -0.3 is 5.32 Å². The molecule has 0 amide bonds. The summed E-state index contributed by atoms with van der Waals surface area (Å²) < 4.78 is 1.12. The minimum atomic E-state index is 0. The van der Waals surface area contributed by atoms with E-state index >= 15 is 0 Å². The molecule has 1 aromatic heterocycles. The Kier molecular flexibility index (Phi) is 8.72. The van der Waals surface area contributed by atoms with Gasteiger partial charge in [-0.2, -0.15) is 0 Å². The van der Waals surface area contributed by atoms with Crippen molar-refractivity contribution in [2.75, 3.05) is 26.2 Å². The minimum Gasteiger partial charge on any atom is -0.314 e. The van der Waals surface area contributed by atoms with Crippen molar-refractivity contribution in [3.63, 3.8) is 0 Å². The van der Waals surface area contributed by atoms with Crippen LogP contribution in [0.4, 0.5) is 0 Å². The van der Waals surface area contributed by atoms with Gasteiger partial charge in [0.1, 0.15) is 0 Å². The first-order valence-corrected chi connectivity index (χ1v) is 8.74. The van der Waals surface area contributed by atoms with Gasteiger partial charge in [0.2, 0.25) is 0 Å². The highest BCUT2D eigenvalue weighted by molar-refractivity contribution is 9.10. The van der Waals surface area contributed by atoms with Crippen molar-refractivity contribution in [3.05, 3.63) is 55.6 Å². The maximum atomic E-state index is 6.21. The molecule has 1 atom stereocenters. The average Bonchev–Trinajstić information content (AvgIpc) is 2.98. The first-order valence-electron chi connectivity index (χ1n) is 6.69. The first-order chi connectivity index (χ1) is 9.75. The highest BCUT2D eigenvalue weighted by Crippen LogP contribution is 2.37. The molecule has 1 aliphatic heterocycles. The number of nitrogens with one attached hydrogen (secondary N) is 1. The summed E-state index contributed by atoms with van der Waals surface area (Å²) in [6.45, 7) is 4.20. The molecule has 1 N–H and O–H groups in total. The number of thiophene rings is 1. The Morgan fingerprint density at radius 2 is 1.91 bits per heavy atom. The van der Waals surface area contributed by atoms with Gasteiger partial charge in [0, 0.05) is 40.6 Å². The van der Waals surface area contributed by atoms with Gasteiger partial charge in [-0.3, -0.25) is 4.90 Å². The Hall–Kier alpha value is 0.190. The zero-order valence-corrected chi connectivity index (χ0v) is 16.6. The average molecular weight is 445 g/mol. The van der Waals surface area contributed by atoms with Crippen LogP contribution in [0.1, 0.15) is 16.5 Å². The van der Waals surface area contributed by atoms with Crippen LogP contribution in [0.2, 0.25) is 5.02 Å². The van der Waals surface area contributed by atoms with E-state index in [4.69, 9.17) is 11.6 Å². The summed E-state index contributed by atoms with van der Waals surface area (Å²) >= 11 is 11.7. The van der Waals surface area contributed by atoms with E-state index < -0.39 is 0 Å². The maximum absolute atomic E-state index is 6.21. The maximum Gasteiger partial charge on any atom is 0.0708 e. The topological polar surface area (TPSA) is 15.3 Å². The number of rotatable bonds is 3. The molecule has 1 fully saturated rings. The Bertz CT molecular complexity index is 574. The largest absolute Gasteiger partial charge is 0.314 e. The van der Waals surface area contributed by atoms with Crippen molar-refractivity contribution in [3.8, 4) is 0 Å². The van der Waals surface area contributed by atoms with Gasteiger partial charge in [-0.15, -0.1) is 36.2 Å². The molecule has 0 aliphatic carbocycles. The number of hydrogen-bond donors (Lipinski definition) is 1. The summed E-state index contributed by atoms with van der Waals surface area (Å²) in [4.78, 5) is 3.90. The molecule has 1 aliphatic rings. The fourth-order valence-electron chi connectivity index (χ4n) is 2.64. The number of halogens is 4. The van der Waals surface area contributed by atoms with Crippen LogP contribution in [0, 0.1) is 0 Å². The van der Waals surface area contributed by atoms with Crippen molar-refractivity contribution < 1.29 is 0 Å². The molecule has 1 aromatic carbocycles. The Morgan fingerprint density at radius 3 is 2.55 bits per heavy atom. The molecular formula is C15H18BrCl3N2S. The van der Waals surface area contributed by atoms with Gasteiger partial charge >= 0.3 is 0 Å². The molecule has 0 spiro atoms. The standard InChI is InChI=1S/C15H16BrClN2S.2ClH/c16-13-4-3-11(17)10-12(13)15(14-2-1-9-20-14)19-7-5-18-6-8-19;;/h1-4,9-10,15,18H,5-8H2;2*1H/t15-;;/m0../s1. The van der Waals surface area contributed by atoms with Crippen molar-refractivity contribution in [2.24, 2.45) is 0 Å². The molecule has 0 radical (unpaired) electrons. The summed E-state index contributed by atoms with van der Waals surface area (Å²) in [5.74, 6) is 0. The van der Waals surface area contributed by atoms with Crippen LogP contribution in [-0.2, 0) is 0 Å².